The number of methoxy groups -OCH3 is 1. The molecule has 0 unspecified atom stereocenters. The maximum atomic E-state index is 5.60. The standard InChI is InChI=1S/C18H37N3O2.HI/c1-16(2)14-23-12-7-11-20-17(19-3)21-15-18(10-13-22-4)8-5-6-9-18;/h16H,5-15H2,1-4H3,(H2,19,20,21);1H. The summed E-state index contributed by atoms with van der Waals surface area (Å²) >= 11 is 0. The highest BCUT2D eigenvalue weighted by molar-refractivity contribution is 14.0. The van der Waals surface area contributed by atoms with Crippen molar-refractivity contribution in [3.05, 3.63) is 0 Å². The van der Waals surface area contributed by atoms with Gasteiger partial charge in [0.2, 0.25) is 0 Å². The molecule has 2 N–H and O–H groups in total. The van der Waals surface area contributed by atoms with Gasteiger partial charge in [0.05, 0.1) is 0 Å². The largest absolute Gasteiger partial charge is 0.385 e. The monoisotopic (exact) mass is 455 g/mol. The van der Waals surface area contributed by atoms with Crippen molar-refractivity contribution in [3.63, 3.8) is 0 Å². The number of guanidine groups is 1. The molecule has 1 aliphatic rings. The molecule has 0 aromatic carbocycles. The van der Waals surface area contributed by atoms with E-state index in [9.17, 15) is 0 Å². The molecule has 24 heavy (non-hydrogen) atoms. The van der Waals surface area contributed by atoms with Gasteiger partial charge >= 0.3 is 0 Å². The summed E-state index contributed by atoms with van der Waals surface area (Å²) in [4.78, 5) is 4.33. The number of hydrogen-bond acceptors (Lipinski definition) is 3. The van der Waals surface area contributed by atoms with Crippen molar-refractivity contribution in [2.24, 2.45) is 16.3 Å². The van der Waals surface area contributed by atoms with E-state index in [2.05, 4.69) is 29.5 Å². The molecule has 0 spiro atoms. The van der Waals surface area contributed by atoms with Gasteiger partial charge in [-0.25, -0.2) is 0 Å². The van der Waals surface area contributed by atoms with Crippen LogP contribution in [-0.2, 0) is 9.47 Å². The van der Waals surface area contributed by atoms with Crippen LogP contribution in [-0.4, -0.2) is 53.0 Å². The van der Waals surface area contributed by atoms with Crippen LogP contribution in [0.15, 0.2) is 4.99 Å². The summed E-state index contributed by atoms with van der Waals surface area (Å²) in [5, 5.41) is 6.90. The van der Waals surface area contributed by atoms with E-state index < -0.39 is 0 Å². The molecule has 0 aromatic rings. The van der Waals surface area contributed by atoms with E-state index in [0.717, 1.165) is 51.7 Å². The van der Waals surface area contributed by atoms with Crippen molar-refractivity contribution in [2.45, 2.75) is 52.4 Å². The van der Waals surface area contributed by atoms with Crippen molar-refractivity contribution < 1.29 is 9.47 Å². The van der Waals surface area contributed by atoms with Gasteiger partial charge in [-0.1, -0.05) is 26.7 Å². The molecule has 0 aliphatic heterocycles. The summed E-state index contributed by atoms with van der Waals surface area (Å²) in [7, 11) is 3.62. The van der Waals surface area contributed by atoms with Crippen LogP contribution in [0.5, 0.6) is 0 Å². The molecule has 1 aliphatic carbocycles. The molecule has 0 heterocycles. The van der Waals surface area contributed by atoms with Gasteiger partial charge in [0.1, 0.15) is 0 Å². The van der Waals surface area contributed by atoms with Gasteiger partial charge in [-0.3, -0.25) is 4.99 Å². The van der Waals surface area contributed by atoms with Crippen LogP contribution in [0.1, 0.15) is 52.4 Å². The number of ether oxygens (including phenoxy) is 2. The maximum absolute atomic E-state index is 5.60. The van der Waals surface area contributed by atoms with Gasteiger partial charge < -0.3 is 20.1 Å². The fourth-order valence-corrected chi connectivity index (χ4v) is 3.15. The Labute approximate surface area is 165 Å². The van der Waals surface area contributed by atoms with Crippen LogP contribution >= 0.6 is 24.0 Å². The second-order valence-corrected chi connectivity index (χ2v) is 7.12. The van der Waals surface area contributed by atoms with Gasteiger partial charge in [-0.15, -0.1) is 24.0 Å². The Kier molecular flexibility index (Phi) is 14.1. The minimum Gasteiger partial charge on any atom is -0.385 e. The van der Waals surface area contributed by atoms with E-state index in [1.807, 2.05) is 7.05 Å². The second kappa shape index (κ2) is 14.1. The molecule has 1 saturated carbocycles. The number of hydrogen-bond donors (Lipinski definition) is 2. The Balaban J connectivity index is 0.00000529. The molecule has 1 rings (SSSR count). The highest BCUT2D eigenvalue weighted by Gasteiger charge is 2.33. The Morgan fingerprint density at radius 2 is 1.88 bits per heavy atom. The zero-order valence-electron chi connectivity index (χ0n) is 16.0. The third-order valence-electron chi connectivity index (χ3n) is 4.56. The maximum Gasteiger partial charge on any atom is 0.190 e. The molecular weight excluding hydrogens is 417 g/mol. The quantitative estimate of drug-likeness (QED) is 0.217. The predicted molar refractivity (Wildman–Crippen MR) is 112 cm³/mol. The molecule has 0 saturated heterocycles. The summed E-state index contributed by atoms with van der Waals surface area (Å²) in [5.74, 6) is 1.50. The molecule has 0 amide bonds. The first-order valence-corrected chi connectivity index (χ1v) is 9.13. The highest BCUT2D eigenvalue weighted by atomic mass is 127. The first kappa shape index (κ1) is 23.9. The van der Waals surface area contributed by atoms with E-state index in [1.165, 1.54) is 25.7 Å². The van der Waals surface area contributed by atoms with Crippen LogP contribution in [0.25, 0.3) is 0 Å². The number of halogens is 1. The Bertz CT molecular complexity index is 332. The highest BCUT2D eigenvalue weighted by Crippen LogP contribution is 2.40. The number of nitrogens with zero attached hydrogens (tertiary/aromatic N) is 1. The summed E-state index contributed by atoms with van der Waals surface area (Å²) in [6.07, 6.45) is 7.40. The normalized spacial score (nSPS) is 17.0. The smallest absolute Gasteiger partial charge is 0.190 e. The summed E-state index contributed by atoms with van der Waals surface area (Å²) in [6, 6.07) is 0. The van der Waals surface area contributed by atoms with E-state index in [1.54, 1.807) is 7.11 Å². The third-order valence-corrected chi connectivity index (χ3v) is 4.56. The van der Waals surface area contributed by atoms with E-state index in [-0.39, 0.29) is 24.0 Å². The van der Waals surface area contributed by atoms with Crippen LogP contribution < -0.4 is 10.6 Å². The molecule has 0 radical (unpaired) electrons. The lowest BCUT2D eigenvalue weighted by Crippen LogP contribution is -2.43. The number of aliphatic imine (C=N–C) groups is 1. The average molecular weight is 455 g/mol. The van der Waals surface area contributed by atoms with Gasteiger partial charge in [0, 0.05) is 47.1 Å². The second-order valence-electron chi connectivity index (χ2n) is 7.12. The van der Waals surface area contributed by atoms with Crippen LogP contribution in [0.2, 0.25) is 0 Å². The lowest BCUT2D eigenvalue weighted by molar-refractivity contribution is 0.108. The van der Waals surface area contributed by atoms with E-state index >= 15 is 0 Å². The van der Waals surface area contributed by atoms with Crippen molar-refractivity contribution in [2.75, 3.05) is 47.1 Å². The van der Waals surface area contributed by atoms with Crippen molar-refractivity contribution in [1.82, 2.24) is 10.6 Å². The summed E-state index contributed by atoms with van der Waals surface area (Å²) in [5.41, 5.74) is 0.383. The van der Waals surface area contributed by atoms with Crippen LogP contribution in [0, 0.1) is 11.3 Å². The SMILES string of the molecule is CN=C(NCCCOCC(C)C)NCC1(CCOC)CCCC1.I. The Hall–Kier alpha value is -0.0800. The fourth-order valence-electron chi connectivity index (χ4n) is 3.15. The minimum atomic E-state index is 0. The van der Waals surface area contributed by atoms with Gasteiger partial charge in [0.15, 0.2) is 5.96 Å². The van der Waals surface area contributed by atoms with Crippen molar-refractivity contribution >= 4 is 29.9 Å². The molecular formula is C18H38IN3O2. The van der Waals surface area contributed by atoms with Crippen molar-refractivity contribution in [3.8, 4) is 0 Å². The third kappa shape index (κ3) is 10.0. The molecule has 1 fully saturated rings. The van der Waals surface area contributed by atoms with Gasteiger partial charge in [-0.2, -0.15) is 0 Å². The van der Waals surface area contributed by atoms with E-state index in [4.69, 9.17) is 9.47 Å². The van der Waals surface area contributed by atoms with Crippen molar-refractivity contribution in [1.29, 1.82) is 0 Å². The molecule has 144 valence electrons. The average Bonchev–Trinajstić information content (AvgIpc) is 3.00. The summed E-state index contributed by atoms with van der Waals surface area (Å²) < 4.78 is 10.9. The zero-order valence-corrected chi connectivity index (χ0v) is 18.4. The zero-order chi connectivity index (χ0) is 17.0. The first-order chi connectivity index (χ1) is 11.1. The molecule has 0 aromatic heterocycles. The predicted octanol–water partition coefficient (Wildman–Crippen LogP) is 3.43. The first-order valence-electron chi connectivity index (χ1n) is 9.13. The molecule has 6 heteroatoms. The fraction of sp³-hybridized carbons (Fsp3) is 0.944. The Morgan fingerprint density at radius 3 is 2.46 bits per heavy atom. The number of rotatable bonds is 11. The van der Waals surface area contributed by atoms with Gasteiger partial charge in [-0.05, 0) is 37.0 Å². The topological polar surface area (TPSA) is 54.9 Å². The van der Waals surface area contributed by atoms with Gasteiger partial charge in [0.25, 0.3) is 0 Å². The molecule has 0 bridgehead atoms. The van der Waals surface area contributed by atoms with E-state index in [0.29, 0.717) is 11.3 Å². The lowest BCUT2D eigenvalue weighted by Gasteiger charge is -2.30. The summed E-state index contributed by atoms with van der Waals surface area (Å²) in [6.45, 7) is 8.72. The van der Waals surface area contributed by atoms with Crippen LogP contribution in [0.4, 0.5) is 0 Å². The van der Waals surface area contributed by atoms with Crippen LogP contribution in [0.3, 0.4) is 0 Å². The minimum absolute atomic E-state index is 0. The lowest BCUT2D eigenvalue weighted by atomic mass is 9.83. The molecule has 0 atom stereocenters. The number of nitrogens with one attached hydrogen (secondary N) is 2. The Morgan fingerprint density at radius 1 is 1.17 bits per heavy atom. The molecule has 5 nitrogen and oxygen atoms in total.